The molecule has 0 saturated carbocycles. The van der Waals surface area contributed by atoms with Gasteiger partial charge >= 0.3 is 0 Å². The Kier molecular flexibility index (Phi) is 6.67. The van der Waals surface area contributed by atoms with Gasteiger partial charge in [0, 0.05) is 36.7 Å². The van der Waals surface area contributed by atoms with Crippen molar-refractivity contribution in [1.82, 2.24) is 14.6 Å². The number of carbonyl (C=O) groups is 1. The second-order valence-electron chi connectivity index (χ2n) is 9.00. The van der Waals surface area contributed by atoms with Crippen molar-refractivity contribution < 1.29 is 13.2 Å². The number of benzene rings is 2. The monoisotopic (exact) mass is 467 g/mol. The average Bonchev–Trinajstić information content (AvgIpc) is 2.79. The summed E-state index contributed by atoms with van der Waals surface area (Å²) in [5, 5.41) is 2.96. The van der Waals surface area contributed by atoms with Crippen molar-refractivity contribution in [3.63, 3.8) is 0 Å². The molecule has 2 atom stereocenters. The van der Waals surface area contributed by atoms with Crippen molar-refractivity contribution >= 4 is 26.8 Å². The number of rotatable bonds is 6. The molecule has 7 nitrogen and oxygen atoms in total. The van der Waals surface area contributed by atoms with Crippen LogP contribution in [0.15, 0.2) is 64.4 Å². The highest BCUT2D eigenvalue weighted by molar-refractivity contribution is 7.89. The fraction of sp³-hybridized carbons (Fsp3) is 0.360. The molecule has 1 aromatic heterocycles. The van der Waals surface area contributed by atoms with Crippen LogP contribution in [0.4, 0.5) is 0 Å². The molecule has 1 saturated heterocycles. The van der Waals surface area contributed by atoms with Gasteiger partial charge in [0.15, 0.2) is 0 Å². The number of hydrogen-bond acceptors (Lipinski definition) is 4. The minimum atomic E-state index is -3.73. The first-order valence-corrected chi connectivity index (χ1v) is 12.7. The molecule has 0 bridgehead atoms. The fourth-order valence-electron chi connectivity index (χ4n) is 4.54. The van der Waals surface area contributed by atoms with E-state index in [2.05, 4.69) is 10.3 Å². The normalized spacial score (nSPS) is 19.5. The second-order valence-corrected chi connectivity index (χ2v) is 10.9. The molecule has 2 heterocycles. The van der Waals surface area contributed by atoms with Gasteiger partial charge in [-0.05, 0) is 48.4 Å². The van der Waals surface area contributed by atoms with Crippen LogP contribution in [0.25, 0.3) is 10.9 Å². The van der Waals surface area contributed by atoms with E-state index >= 15 is 0 Å². The van der Waals surface area contributed by atoms with Gasteiger partial charge in [0.1, 0.15) is 5.56 Å². The Hall–Kier alpha value is -2.97. The molecule has 1 aliphatic heterocycles. The van der Waals surface area contributed by atoms with Gasteiger partial charge in [-0.1, -0.05) is 44.2 Å². The van der Waals surface area contributed by atoms with E-state index in [1.54, 1.807) is 6.07 Å². The van der Waals surface area contributed by atoms with Crippen molar-refractivity contribution in [2.24, 2.45) is 11.8 Å². The topological polar surface area (TPSA) is 99.3 Å². The molecule has 2 N–H and O–H groups in total. The van der Waals surface area contributed by atoms with Crippen LogP contribution in [0, 0.1) is 11.8 Å². The van der Waals surface area contributed by atoms with Gasteiger partial charge in [-0.3, -0.25) is 9.59 Å². The number of sulfonamides is 1. The van der Waals surface area contributed by atoms with Gasteiger partial charge in [0.05, 0.1) is 4.90 Å². The van der Waals surface area contributed by atoms with E-state index < -0.39 is 21.4 Å². The molecule has 174 valence electrons. The van der Waals surface area contributed by atoms with E-state index in [-0.39, 0.29) is 27.7 Å². The molecule has 1 aliphatic rings. The van der Waals surface area contributed by atoms with Crippen LogP contribution in [0.3, 0.4) is 0 Å². The minimum absolute atomic E-state index is 0.0367. The quantitative estimate of drug-likeness (QED) is 0.582. The first-order valence-electron chi connectivity index (χ1n) is 11.2. The highest BCUT2D eigenvalue weighted by Crippen LogP contribution is 2.27. The van der Waals surface area contributed by atoms with Crippen LogP contribution in [-0.4, -0.2) is 43.2 Å². The lowest BCUT2D eigenvalue weighted by Gasteiger charge is -2.34. The molecule has 4 rings (SSSR count). The Labute approximate surface area is 193 Å². The summed E-state index contributed by atoms with van der Waals surface area (Å²) in [6.07, 6.45) is 3.02. The van der Waals surface area contributed by atoms with Gasteiger partial charge in [-0.15, -0.1) is 0 Å². The molecule has 1 amide bonds. The lowest BCUT2D eigenvalue weighted by atomic mass is 9.94. The minimum Gasteiger partial charge on any atom is -0.360 e. The van der Waals surface area contributed by atoms with Gasteiger partial charge in [0.25, 0.3) is 5.91 Å². The van der Waals surface area contributed by atoms with E-state index in [0.717, 1.165) is 12.0 Å². The van der Waals surface area contributed by atoms with E-state index in [1.807, 2.05) is 44.2 Å². The Morgan fingerprint density at radius 3 is 2.48 bits per heavy atom. The van der Waals surface area contributed by atoms with Crippen molar-refractivity contribution in [1.29, 1.82) is 0 Å². The third-order valence-electron chi connectivity index (χ3n) is 6.11. The number of amides is 1. The number of hydrogen-bond donors (Lipinski definition) is 2. The number of nitrogens with zero attached hydrogens (tertiary/aromatic N) is 1. The SMILES string of the molecule is CC1CC(C)CN(S(=O)(=O)c2ccc3[nH]cc(C(=O)NCCc4ccccc4)c(=O)c3c2)C1. The van der Waals surface area contributed by atoms with Crippen LogP contribution < -0.4 is 10.7 Å². The molecule has 33 heavy (non-hydrogen) atoms. The molecule has 1 fully saturated rings. The molecular formula is C25H29N3O4S. The van der Waals surface area contributed by atoms with Crippen LogP contribution >= 0.6 is 0 Å². The van der Waals surface area contributed by atoms with Gasteiger partial charge in [0.2, 0.25) is 15.5 Å². The highest BCUT2D eigenvalue weighted by atomic mass is 32.2. The summed E-state index contributed by atoms with van der Waals surface area (Å²) in [6, 6.07) is 14.2. The van der Waals surface area contributed by atoms with Crippen LogP contribution in [0.5, 0.6) is 0 Å². The summed E-state index contributed by atoms with van der Waals surface area (Å²) in [7, 11) is -3.73. The Balaban J connectivity index is 1.58. The van der Waals surface area contributed by atoms with Crippen molar-refractivity contribution in [2.75, 3.05) is 19.6 Å². The maximum Gasteiger partial charge on any atom is 0.256 e. The summed E-state index contributed by atoms with van der Waals surface area (Å²) < 4.78 is 28.0. The lowest BCUT2D eigenvalue weighted by Crippen LogP contribution is -2.42. The van der Waals surface area contributed by atoms with E-state index in [1.165, 1.54) is 22.6 Å². The molecule has 0 spiro atoms. The van der Waals surface area contributed by atoms with E-state index in [9.17, 15) is 18.0 Å². The van der Waals surface area contributed by atoms with Gasteiger partial charge in [-0.25, -0.2) is 8.42 Å². The summed E-state index contributed by atoms with van der Waals surface area (Å²) in [6.45, 7) is 5.41. The van der Waals surface area contributed by atoms with Gasteiger partial charge < -0.3 is 10.3 Å². The molecule has 3 aromatic rings. The van der Waals surface area contributed by atoms with E-state index in [0.29, 0.717) is 31.6 Å². The largest absolute Gasteiger partial charge is 0.360 e. The summed E-state index contributed by atoms with van der Waals surface area (Å²) in [4.78, 5) is 28.7. The third kappa shape index (κ3) is 5.02. The number of aromatic amines is 1. The highest BCUT2D eigenvalue weighted by Gasteiger charge is 2.32. The number of carbonyl (C=O) groups excluding carboxylic acids is 1. The summed E-state index contributed by atoms with van der Waals surface area (Å²) in [5.74, 6) is 0.0677. The van der Waals surface area contributed by atoms with Crippen LogP contribution in [0.2, 0.25) is 0 Å². The second kappa shape index (κ2) is 9.49. The van der Waals surface area contributed by atoms with Crippen molar-refractivity contribution in [3.8, 4) is 0 Å². The Morgan fingerprint density at radius 1 is 1.09 bits per heavy atom. The number of fused-ring (bicyclic) bond motifs is 1. The van der Waals surface area contributed by atoms with E-state index in [4.69, 9.17) is 0 Å². The number of aromatic nitrogens is 1. The van der Waals surface area contributed by atoms with Crippen LogP contribution in [0.1, 0.15) is 36.2 Å². The average molecular weight is 468 g/mol. The number of nitrogens with one attached hydrogen (secondary N) is 2. The lowest BCUT2D eigenvalue weighted by molar-refractivity contribution is 0.0953. The van der Waals surface area contributed by atoms with Gasteiger partial charge in [-0.2, -0.15) is 4.31 Å². The summed E-state index contributed by atoms with van der Waals surface area (Å²) >= 11 is 0. The molecule has 2 unspecified atom stereocenters. The molecule has 0 aliphatic carbocycles. The molecular weight excluding hydrogens is 438 g/mol. The molecule has 8 heteroatoms. The van der Waals surface area contributed by atoms with Crippen molar-refractivity contribution in [3.05, 3.63) is 76.1 Å². The Morgan fingerprint density at radius 2 is 1.79 bits per heavy atom. The first kappa shape index (κ1) is 23.2. The Bertz CT molecular complexity index is 1310. The third-order valence-corrected chi connectivity index (χ3v) is 7.94. The first-order chi connectivity index (χ1) is 15.8. The predicted molar refractivity (Wildman–Crippen MR) is 129 cm³/mol. The molecule has 0 radical (unpaired) electrons. The number of H-pyrrole nitrogens is 1. The zero-order valence-corrected chi connectivity index (χ0v) is 19.7. The van der Waals surface area contributed by atoms with Crippen LogP contribution in [-0.2, 0) is 16.4 Å². The predicted octanol–water partition coefficient (Wildman–Crippen LogP) is 3.17. The zero-order valence-electron chi connectivity index (χ0n) is 18.9. The van der Waals surface area contributed by atoms with Crippen molar-refractivity contribution in [2.45, 2.75) is 31.6 Å². The zero-order chi connectivity index (χ0) is 23.6. The molecule has 2 aromatic carbocycles. The fourth-order valence-corrected chi connectivity index (χ4v) is 6.24. The smallest absolute Gasteiger partial charge is 0.256 e. The number of pyridine rings is 1. The number of piperidine rings is 1. The maximum atomic E-state index is 13.3. The summed E-state index contributed by atoms with van der Waals surface area (Å²) in [5.41, 5.74) is 1.05. The maximum absolute atomic E-state index is 13.3. The standard InChI is InChI=1S/C25H29N3O4S/c1-17-12-18(2)16-28(15-17)33(31,32)20-8-9-23-21(13-20)24(29)22(14-27-23)25(30)26-11-10-19-6-4-3-5-7-19/h3-9,13-14,17-18H,10-12,15-16H2,1-2H3,(H,26,30)(H,27,29).